The Morgan fingerprint density at radius 2 is 1.57 bits per heavy atom. The average Bonchev–Trinajstić information content (AvgIpc) is 3.48. The highest BCUT2D eigenvalue weighted by atomic mass is 32.2. The van der Waals surface area contributed by atoms with Gasteiger partial charge in [-0.25, -0.2) is 0 Å². The molecule has 2 aromatic carbocycles. The molecule has 2 unspecified atom stereocenters. The smallest absolute Gasteiger partial charge is 0.180 e. The number of ketones is 2. The van der Waals surface area contributed by atoms with Gasteiger partial charge in [-0.2, -0.15) is 0 Å². The second kappa shape index (κ2) is 6.71. The summed E-state index contributed by atoms with van der Waals surface area (Å²) in [5.74, 6) is -0.332. The van der Waals surface area contributed by atoms with Gasteiger partial charge in [0.05, 0.1) is 16.7 Å². The van der Waals surface area contributed by atoms with Crippen molar-refractivity contribution in [2.45, 2.75) is 18.1 Å². The molecule has 2 aliphatic carbocycles. The van der Waals surface area contributed by atoms with Gasteiger partial charge in [0, 0.05) is 29.9 Å². The molecule has 0 amide bonds. The second-order valence-corrected chi connectivity index (χ2v) is 9.10. The van der Waals surface area contributed by atoms with Crippen LogP contribution in [0.15, 0.2) is 95.1 Å². The van der Waals surface area contributed by atoms with E-state index in [0.29, 0.717) is 12.0 Å². The van der Waals surface area contributed by atoms with Crippen LogP contribution in [0.4, 0.5) is 11.4 Å². The van der Waals surface area contributed by atoms with E-state index in [-0.39, 0.29) is 22.7 Å². The summed E-state index contributed by atoms with van der Waals surface area (Å²) in [5.41, 5.74) is 7.55. The van der Waals surface area contributed by atoms with Gasteiger partial charge in [0.15, 0.2) is 11.6 Å². The maximum Gasteiger partial charge on any atom is 0.180 e. The van der Waals surface area contributed by atoms with Crippen molar-refractivity contribution >= 4 is 34.7 Å². The summed E-state index contributed by atoms with van der Waals surface area (Å²) in [6.45, 7) is 0. The Morgan fingerprint density at radius 3 is 2.27 bits per heavy atom. The highest BCUT2D eigenvalue weighted by Gasteiger charge is 2.46. The summed E-state index contributed by atoms with van der Waals surface area (Å²) in [5, 5.41) is 1.63. The monoisotopic (exact) mass is 409 g/mol. The van der Waals surface area contributed by atoms with Crippen LogP contribution in [-0.2, 0) is 16.0 Å². The first-order chi connectivity index (χ1) is 14.7. The molecule has 1 saturated carbocycles. The number of hydrogen-bond acceptors (Lipinski definition) is 4. The Labute approximate surface area is 179 Å². The van der Waals surface area contributed by atoms with E-state index in [0.717, 1.165) is 17.7 Å². The van der Waals surface area contributed by atoms with Gasteiger partial charge >= 0.3 is 0 Å². The Morgan fingerprint density at radius 1 is 0.867 bits per heavy atom. The molecule has 146 valence electrons. The highest BCUT2D eigenvalue weighted by Crippen LogP contribution is 2.44. The van der Waals surface area contributed by atoms with E-state index in [2.05, 4.69) is 59.5 Å². The van der Waals surface area contributed by atoms with Gasteiger partial charge in [0.25, 0.3) is 0 Å². The van der Waals surface area contributed by atoms with Crippen molar-refractivity contribution in [1.29, 1.82) is 0 Å². The SMILES string of the molecule is O=C1/C(=C\C2=CC=C(N3c4ccccc4Cc4ccccc43)C2)C(=O)C2SC=CC12. The van der Waals surface area contributed by atoms with E-state index in [1.54, 1.807) is 0 Å². The maximum atomic E-state index is 12.7. The van der Waals surface area contributed by atoms with Gasteiger partial charge in [-0.1, -0.05) is 48.6 Å². The molecule has 2 aliphatic heterocycles. The number of thioether (sulfide) groups is 1. The van der Waals surface area contributed by atoms with E-state index < -0.39 is 0 Å². The summed E-state index contributed by atoms with van der Waals surface area (Å²) in [6.07, 6.45) is 9.47. The summed E-state index contributed by atoms with van der Waals surface area (Å²) in [6, 6.07) is 17.0. The van der Waals surface area contributed by atoms with Crippen molar-refractivity contribution in [1.82, 2.24) is 0 Å². The van der Waals surface area contributed by atoms with E-state index in [4.69, 9.17) is 0 Å². The van der Waals surface area contributed by atoms with Crippen LogP contribution in [0.25, 0.3) is 0 Å². The normalized spacial score (nSPS) is 25.3. The lowest BCUT2D eigenvalue weighted by molar-refractivity contribution is -0.117. The van der Waals surface area contributed by atoms with Crippen LogP contribution >= 0.6 is 11.8 Å². The summed E-state index contributed by atoms with van der Waals surface area (Å²) >= 11 is 1.46. The zero-order valence-electron chi connectivity index (χ0n) is 16.2. The van der Waals surface area contributed by atoms with Crippen LogP contribution in [0, 0.1) is 5.92 Å². The standard InChI is InChI=1S/C26H19NO2S/c28-24-20-11-12-30-26(20)25(29)21(24)14-16-9-10-19(13-16)27-22-7-3-1-5-17(22)15-18-6-2-4-8-23(18)27/h1-12,14,20,26H,13,15H2/b21-14+. The molecule has 1 fully saturated rings. The predicted molar refractivity (Wildman–Crippen MR) is 121 cm³/mol. The lowest BCUT2D eigenvalue weighted by Gasteiger charge is -2.34. The van der Waals surface area contributed by atoms with Crippen LogP contribution in [0.5, 0.6) is 0 Å². The topological polar surface area (TPSA) is 37.4 Å². The van der Waals surface area contributed by atoms with Crippen molar-refractivity contribution in [2.75, 3.05) is 4.90 Å². The molecular formula is C26H19NO2S. The molecule has 4 heteroatoms. The molecule has 0 N–H and O–H groups in total. The number of carbonyl (C=O) groups excluding carboxylic acids is 2. The van der Waals surface area contributed by atoms with Gasteiger partial charge in [-0.3, -0.25) is 9.59 Å². The first-order valence-corrected chi connectivity index (χ1v) is 11.1. The van der Waals surface area contributed by atoms with Gasteiger partial charge < -0.3 is 4.90 Å². The van der Waals surface area contributed by atoms with E-state index in [1.165, 1.54) is 34.3 Å². The summed E-state index contributed by atoms with van der Waals surface area (Å²) in [7, 11) is 0. The number of fused-ring (bicyclic) bond motifs is 3. The molecule has 0 saturated heterocycles. The number of benzene rings is 2. The molecular weight excluding hydrogens is 390 g/mol. The number of anilines is 2. The van der Waals surface area contributed by atoms with Gasteiger partial charge in [-0.05, 0) is 46.4 Å². The van der Waals surface area contributed by atoms with Crippen LogP contribution in [0.1, 0.15) is 17.5 Å². The fourth-order valence-electron chi connectivity index (χ4n) is 4.82. The zero-order chi connectivity index (χ0) is 20.2. The van der Waals surface area contributed by atoms with E-state index >= 15 is 0 Å². The highest BCUT2D eigenvalue weighted by molar-refractivity contribution is 8.03. The molecule has 6 rings (SSSR count). The minimum Gasteiger partial charge on any atom is -0.313 e. The van der Waals surface area contributed by atoms with Crippen molar-refractivity contribution in [3.63, 3.8) is 0 Å². The molecule has 0 bridgehead atoms. The number of nitrogens with zero attached hydrogens (tertiary/aromatic N) is 1. The minimum atomic E-state index is -0.274. The summed E-state index contributed by atoms with van der Waals surface area (Å²) in [4.78, 5) is 27.7. The molecule has 2 aromatic rings. The van der Waals surface area contributed by atoms with Crippen molar-refractivity contribution < 1.29 is 9.59 Å². The Bertz CT molecular complexity index is 1190. The third kappa shape index (κ3) is 2.60. The largest absolute Gasteiger partial charge is 0.313 e. The first-order valence-electron chi connectivity index (χ1n) is 10.2. The molecule has 4 aliphatic rings. The molecule has 30 heavy (non-hydrogen) atoms. The second-order valence-electron chi connectivity index (χ2n) is 8.04. The molecule has 2 heterocycles. The molecule has 2 atom stereocenters. The predicted octanol–water partition coefficient (Wildman–Crippen LogP) is 5.27. The molecule has 3 nitrogen and oxygen atoms in total. The van der Waals surface area contributed by atoms with E-state index in [9.17, 15) is 9.59 Å². The van der Waals surface area contributed by atoms with Gasteiger partial charge in [-0.15, -0.1) is 11.8 Å². The lowest BCUT2D eigenvalue weighted by atomic mass is 9.94. The molecule has 0 aromatic heterocycles. The Kier molecular flexibility index (Phi) is 3.96. The maximum absolute atomic E-state index is 12.7. The lowest BCUT2D eigenvalue weighted by Crippen LogP contribution is -2.22. The van der Waals surface area contributed by atoms with Crippen LogP contribution < -0.4 is 4.90 Å². The third-order valence-electron chi connectivity index (χ3n) is 6.27. The van der Waals surface area contributed by atoms with Crippen molar-refractivity contribution in [2.24, 2.45) is 5.92 Å². The third-order valence-corrected chi connectivity index (χ3v) is 7.38. The van der Waals surface area contributed by atoms with Crippen molar-refractivity contribution in [3.8, 4) is 0 Å². The van der Waals surface area contributed by atoms with E-state index in [1.807, 2.05) is 23.6 Å². The number of allylic oxidation sites excluding steroid dienone is 6. The Balaban J connectivity index is 1.32. The number of para-hydroxylation sites is 2. The number of hydrogen-bond donors (Lipinski definition) is 0. The fraction of sp³-hybridized carbons (Fsp3) is 0.154. The fourth-order valence-corrected chi connectivity index (χ4v) is 5.88. The quantitative estimate of drug-likeness (QED) is 0.500. The molecule has 0 spiro atoms. The van der Waals surface area contributed by atoms with Gasteiger partial charge in [0.2, 0.25) is 0 Å². The summed E-state index contributed by atoms with van der Waals surface area (Å²) < 4.78 is 0. The van der Waals surface area contributed by atoms with Crippen LogP contribution in [-0.4, -0.2) is 16.8 Å². The van der Waals surface area contributed by atoms with Crippen molar-refractivity contribution in [3.05, 3.63) is 106 Å². The number of rotatable bonds is 2. The number of carbonyl (C=O) groups is 2. The van der Waals surface area contributed by atoms with Gasteiger partial charge in [0.1, 0.15) is 0 Å². The van der Waals surface area contributed by atoms with Crippen LogP contribution in [0.3, 0.4) is 0 Å². The minimum absolute atomic E-state index is 0.0250. The Hall–Kier alpha value is -3.11. The average molecular weight is 410 g/mol. The van der Waals surface area contributed by atoms with Crippen LogP contribution in [0.2, 0.25) is 0 Å². The zero-order valence-corrected chi connectivity index (χ0v) is 17.1. The first kappa shape index (κ1) is 17.7. The number of Topliss-reactive ketones (excluding diaryl/α,β-unsaturated/α-hetero) is 2. The molecule has 0 radical (unpaired) electrons.